The predicted molar refractivity (Wildman–Crippen MR) is 61.9 cm³/mol. The summed E-state index contributed by atoms with van der Waals surface area (Å²) in [7, 11) is 0. The molecule has 88 valence electrons. The molecule has 15 heavy (non-hydrogen) atoms. The highest BCUT2D eigenvalue weighted by Crippen LogP contribution is 2.21. The molecule has 0 saturated carbocycles. The van der Waals surface area contributed by atoms with Gasteiger partial charge < -0.3 is 5.11 Å². The maximum absolute atomic E-state index is 10.2. The van der Waals surface area contributed by atoms with Gasteiger partial charge in [-0.05, 0) is 18.8 Å². The van der Waals surface area contributed by atoms with Gasteiger partial charge in [0.1, 0.15) is 0 Å². The minimum Gasteiger partial charge on any atom is -0.391 e. The average molecular weight is 212 g/mol. The van der Waals surface area contributed by atoms with E-state index in [0.717, 1.165) is 32.5 Å². The highest BCUT2D eigenvalue weighted by molar-refractivity contribution is 4.91. The summed E-state index contributed by atoms with van der Waals surface area (Å²) in [6.45, 7) is 10.2. The van der Waals surface area contributed by atoms with Gasteiger partial charge in [0.15, 0.2) is 0 Å². The van der Waals surface area contributed by atoms with E-state index in [1.54, 1.807) is 0 Å². The maximum Gasteiger partial charge on any atom is 0.0708 e. The highest BCUT2D eigenvalue weighted by atomic mass is 16.3. The summed E-state index contributed by atoms with van der Waals surface area (Å²) in [5.74, 6) is 0.704. The van der Waals surface area contributed by atoms with Crippen LogP contribution in [0.5, 0.6) is 0 Å². The van der Waals surface area contributed by atoms with Gasteiger partial charge in [-0.15, -0.1) is 0 Å². The Bertz CT molecular complexity index is 200. The average Bonchev–Trinajstić information content (AvgIpc) is 2.27. The van der Waals surface area contributed by atoms with Crippen molar-refractivity contribution in [2.24, 2.45) is 5.92 Å². The number of aliphatic hydroxyl groups excluding tert-OH is 1. The van der Waals surface area contributed by atoms with Crippen LogP contribution in [0.15, 0.2) is 0 Å². The topological polar surface area (TPSA) is 26.7 Å². The predicted octanol–water partition coefficient (Wildman–Crippen LogP) is 0.783. The molecule has 0 aromatic carbocycles. The van der Waals surface area contributed by atoms with Crippen LogP contribution in [0.2, 0.25) is 0 Å². The Kier molecular flexibility index (Phi) is 3.65. The normalized spacial score (nSPS) is 37.2. The lowest BCUT2D eigenvalue weighted by molar-refractivity contribution is -0.0492. The van der Waals surface area contributed by atoms with Gasteiger partial charge in [-0.3, -0.25) is 9.80 Å². The Labute approximate surface area is 93.1 Å². The number of piperazine rings is 3. The molecule has 3 heteroatoms. The summed E-state index contributed by atoms with van der Waals surface area (Å²) < 4.78 is 0. The number of rotatable bonds is 4. The van der Waals surface area contributed by atoms with Crippen molar-refractivity contribution in [3.63, 3.8) is 0 Å². The van der Waals surface area contributed by atoms with E-state index in [1.807, 2.05) is 0 Å². The Morgan fingerprint density at radius 1 is 1.13 bits per heavy atom. The van der Waals surface area contributed by atoms with Crippen molar-refractivity contribution in [1.29, 1.82) is 0 Å². The van der Waals surface area contributed by atoms with Crippen LogP contribution in [-0.2, 0) is 0 Å². The molecule has 2 unspecified atom stereocenters. The lowest BCUT2D eigenvalue weighted by atomic mass is 9.96. The zero-order chi connectivity index (χ0) is 10.8. The van der Waals surface area contributed by atoms with Crippen LogP contribution in [0.25, 0.3) is 0 Å². The standard InChI is InChI=1S/C12H24N2O/c1-10(2)3-4-12(15)11-9-13-5-7-14(11)8-6-13/h10-12,15H,3-9H2,1-2H3. The highest BCUT2D eigenvalue weighted by Gasteiger charge is 2.35. The van der Waals surface area contributed by atoms with Gasteiger partial charge in [-0.25, -0.2) is 0 Å². The molecule has 3 nitrogen and oxygen atoms in total. The van der Waals surface area contributed by atoms with Crippen molar-refractivity contribution >= 4 is 0 Å². The molecule has 0 spiro atoms. The number of fused-ring (bicyclic) bond motifs is 3. The zero-order valence-electron chi connectivity index (χ0n) is 10.0. The summed E-state index contributed by atoms with van der Waals surface area (Å²) in [6, 6.07) is 0.409. The molecule has 3 fully saturated rings. The summed E-state index contributed by atoms with van der Waals surface area (Å²) in [5.41, 5.74) is 0. The monoisotopic (exact) mass is 212 g/mol. The molecular formula is C12H24N2O. The first-order valence-electron chi connectivity index (χ1n) is 6.31. The maximum atomic E-state index is 10.2. The fourth-order valence-corrected chi connectivity index (χ4v) is 2.72. The number of aliphatic hydroxyl groups is 1. The summed E-state index contributed by atoms with van der Waals surface area (Å²) >= 11 is 0. The third kappa shape index (κ3) is 2.71. The zero-order valence-corrected chi connectivity index (χ0v) is 10.0. The van der Waals surface area contributed by atoms with E-state index in [0.29, 0.717) is 12.0 Å². The van der Waals surface area contributed by atoms with Crippen LogP contribution >= 0.6 is 0 Å². The van der Waals surface area contributed by atoms with Gasteiger partial charge in [0, 0.05) is 38.8 Å². The third-order valence-electron chi connectivity index (χ3n) is 3.81. The molecule has 2 bridgehead atoms. The van der Waals surface area contributed by atoms with Crippen molar-refractivity contribution in [3.8, 4) is 0 Å². The van der Waals surface area contributed by atoms with Crippen LogP contribution in [0.3, 0.4) is 0 Å². The minimum atomic E-state index is -0.115. The van der Waals surface area contributed by atoms with Crippen molar-refractivity contribution in [2.45, 2.75) is 38.8 Å². The Morgan fingerprint density at radius 3 is 2.27 bits per heavy atom. The van der Waals surface area contributed by atoms with E-state index in [9.17, 15) is 5.11 Å². The van der Waals surface area contributed by atoms with Gasteiger partial charge in [-0.1, -0.05) is 13.8 Å². The first kappa shape index (κ1) is 11.4. The first-order chi connectivity index (χ1) is 7.16. The van der Waals surface area contributed by atoms with E-state index in [-0.39, 0.29) is 6.10 Å². The largest absolute Gasteiger partial charge is 0.391 e. The SMILES string of the molecule is CC(C)CCC(O)C1CN2CCN1CC2. The third-order valence-corrected chi connectivity index (χ3v) is 3.81. The van der Waals surface area contributed by atoms with Gasteiger partial charge in [-0.2, -0.15) is 0 Å². The minimum absolute atomic E-state index is 0.115. The molecule has 2 atom stereocenters. The summed E-state index contributed by atoms with van der Waals surface area (Å²) in [5, 5.41) is 10.2. The van der Waals surface area contributed by atoms with Crippen LogP contribution in [0.4, 0.5) is 0 Å². The molecular weight excluding hydrogens is 188 g/mol. The van der Waals surface area contributed by atoms with Gasteiger partial charge in [0.2, 0.25) is 0 Å². The number of nitrogens with zero attached hydrogens (tertiary/aromatic N) is 2. The van der Waals surface area contributed by atoms with Crippen molar-refractivity contribution in [1.82, 2.24) is 9.80 Å². The molecule has 0 aliphatic carbocycles. The second-order valence-corrected chi connectivity index (χ2v) is 5.44. The van der Waals surface area contributed by atoms with Gasteiger partial charge in [0.25, 0.3) is 0 Å². The second kappa shape index (κ2) is 4.81. The molecule has 3 rings (SSSR count). The van der Waals surface area contributed by atoms with Crippen LogP contribution < -0.4 is 0 Å². The fourth-order valence-electron chi connectivity index (χ4n) is 2.72. The van der Waals surface area contributed by atoms with Gasteiger partial charge >= 0.3 is 0 Å². The van der Waals surface area contributed by atoms with Crippen molar-refractivity contribution in [2.75, 3.05) is 32.7 Å². The summed E-state index contributed by atoms with van der Waals surface area (Å²) in [4.78, 5) is 4.97. The molecule has 1 N–H and O–H groups in total. The van der Waals surface area contributed by atoms with E-state index < -0.39 is 0 Å². The lowest BCUT2D eigenvalue weighted by Crippen LogP contribution is -2.64. The molecule has 3 heterocycles. The molecule has 0 radical (unpaired) electrons. The Hall–Kier alpha value is -0.120. The van der Waals surface area contributed by atoms with Crippen LogP contribution in [0.1, 0.15) is 26.7 Å². The van der Waals surface area contributed by atoms with E-state index in [1.165, 1.54) is 13.1 Å². The Balaban J connectivity index is 1.82. The fraction of sp³-hybridized carbons (Fsp3) is 1.00. The van der Waals surface area contributed by atoms with Crippen molar-refractivity contribution in [3.05, 3.63) is 0 Å². The van der Waals surface area contributed by atoms with Crippen molar-refractivity contribution < 1.29 is 5.11 Å². The molecule has 3 aliphatic rings. The molecule has 0 aromatic heterocycles. The van der Waals surface area contributed by atoms with Gasteiger partial charge in [0.05, 0.1) is 6.10 Å². The second-order valence-electron chi connectivity index (χ2n) is 5.44. The molecule has 0 amide bonds. The van der Waals surface area contributed by atoms with E-state index >= 15 is 0 Å². The smallest absolute Gasteiger partial charge is 0.0708 e. The Morgan fingerprint density at radius 2 is 1.80 bits per heavy atom. The number of hydrogen-bond acceptors (Lipinski definition) is 3. The van der Waals surface area contributed by atoms with E-state index in [4.69, 9.17) is 0 Å². The first-order valence-corrected chi connectivity index (χ1v) is 6.31. The van der Waals surface area contributed by atoms with Crippen LogP contribution in [-0.4, -0.2) is 59.8 Å². The van der Waals surface area contributed by atoms with Crippen LogP contribution in [0, 0.1) is 5.92 Å². The summed E-state index contributed by atoms with van der Waals surface area (Å²) in [6.07, 6.45) is 1.99. The quantitative estimate of drug-likeness (QED) is 0.746. The molecule has 3 saturated heterocycles. The van der Waals surface area contributed by atoms with E-state index in [2.05, 4.69) is 23.6 Å². The molecule has 0 aromatic rings. The number of hydrogen-bond donors (Lipinski definition) is 1. The molecule has 3 aliphatic heterocycles. The lowest BCUT2D eigenvalue weighted by Gasteiger charge is -2.49.